The van der Waals surface area contributed by atoms with Gasteiger partial charge in [0, 0.05) is 26.2 Å². The van der Waals surface area contributed by atoms with Crippen molar-refractivity contribution in [2.75, 3.05) is 32.8 Å². The summed E-state index contributed by atoms with van der Waals surface area (Å²) in [5.74, 6) is -1.02. The Morgan fingerprint density at radius 3 is 2.30 bits per heavy atom. The number of hydrogen-bond acceptors (Lipinski definition) is 7. The van der Waals surface area contributed by atoms with Crippen LogP contribution in [0.25, 0.3) is 0 Å². The summed E-state index contributed by atoms with van der Waals surface area (Å²) in [6, 6.07) is 18.2. The summed E-state index contributed by atoms with van der Waals surface area (Å²) in [4.78, 5) is 42.0. The molecule has 1 aromatic heterocycles. The van der Waals surface area contributed by atoms with Crippen molar-refractivity contribution in [3.05, 3.63) is 82.6 Å². The summed E-state index contributed by atoms with van der Waals surface area (Å²) < 4.78 is 32.4. The van der Waals surface area contributed by atoms with Gasteiger partial charge in [0.1, 0.15) is 5.75 Å². The van der Waals surface area contributed by atoms with E-state index in [1.54, 1.807) is 46.7 Å². The molecule has 0 spiro atoms. The molecule has 0 bridgehead atoms. The van der Waals surface area contributed by atoms with Crippen molar-refractivity contribution in [1.82, 2.24) is 15.1 Å². The quantitative estimate of drug-likeness (QED) is 0.469. The molecule has 37 heavy (non-hydrogen) atoms. The average molecular weight is 542 g/mol. The van der Waals surface area contributed by atoms with Gasteiger partial charge < -0.3 is 19.9 Å². The van der Waals surface area contributed by atoms with Crippen LogP contribution in [0.2, 0.25) is 0 Å². The average Bonchev–Trinajstić information content (AvgIpc) is 3.46. The molecule has 1 atom stereocenters. The fourth-order valence-corrected chi connectivity index (χ4v) is 6.01. The minimum absolute atomic E-state index is 0.0676. The number of nitrogens with one attached hydrogen (secondary N) is 1. The molecule has 2 heterocycles. The molecule has 194 valence electrons. The molecule has 1 saturated heterocycles. The van der Waals surface area contributed by atoms with E-state index in [4.69, 9.17) is 4.74 Å². The maximum atomic E-state index is 13.4. The zero-order valence-electron chi connectivity index (χ0n) is 20.2. The molecular formula is C26H27N3O6S2. The van der Waals surface area contributed by atoms with Crippen molar-refractivity contribution < 1.29 is 27.5 Å². The van der Waals surface area contributed by atoms with Crippen LogP contribution in [0, 0.1) is 6.92 Å². The van der Waals surface area contributed by atoms with Crippen LogP contribution in [0.15, 0.2) is 77.0 Å². The smallest absolute Gasteiger partial charge is 0.262 e. The van der Waals surface area contributed by atoms with Gasteiger partial charge in [0.2, 0.25) is 15.2 Å². The number of carbonyl (C=O) groups is 3. The number of hydrogen-bond donors (Lipinski definition) is 1. The summed E-state index contributed by atoms with van der Waals surface area (Å²) in [5.41, 5.74) is 1.02. The third-order valence-electron chi connectivity index (χ3n) is 5.91. The standard InChI is InChI=1S/C26H27N3O6S2/c1-19-7-5-8-20(17-19)35-18-23(30)28-12-14-29(15-13-28)26(32)25(27-24(31)22-11-6-16-36-22)37(33,34)21-9-3-2-4-10-21/h2-11,16-17,25H,12-15,18H2,1H3,(H,27,31)/t25-/m0/s1. The van der Waals surface area contributed by atoms with Crippen molar-refractivity contribution in [3.8, 4) is 5.75 Å². The first-order valence-corrected chi connectivity index (χ1v) is 14.1. The van der Waals surface area contributed by atoms with E-state index in [1.807, 2.05) is 25.1 Å². The van der Waals surface area contributed by atoms with Crippen LogP contribution in [-0.2, 0) is 19.4 Å². The molecule has 3 aromatic rings. The number of carbonyl (C=O) groups excluding carboxylic acids is 3. The van der Waals surface area contributed by atoms with Crippen LogP contribution in [0.1, 0.15) is 15.2 Å². The zero-order chi connectivity index (χ0) is 26.4. The Bertz CT molecular complexity index is 1350. The molecule has 0 unspecified atom stereocenters. The molecule has 0 saturated carbocycles. The molecule has 1 fully saturated rings. The largest absolute Gasteiger partial charge is 0.484 e. The van der Waals surface area contributed by atoms with Gasteiger partial charge in [-0.05, 0) is 48.2 Å². The Balaban J connectivity index is 1.43. The van der Waals surface area contributed by atoms with Gasteiger partial charge in [-0.2, -0.15) is 0 Å². The Morgan fingerprint density at radius 2 is 1.65 bits per heavy atom. The Hall–Kier alpha value is -3.70. The van der Waals surface area contributed by atoms with Crippen molar-refractivity contribution in [3.63, 3.8) is 0 Å². The van der Waals surface area contributed by atoms with Gasteiger partial charge in [0.25, 0.3) is 17.7 Å². The van der Waals surface area contributed by atoms with Crippen LogP contribution in [-0.4, -0.2) is 74.1 Å². The van der Waals surface area contributed by atoms with Crippen LogP contribution < -0.4 is 10.1 Å². The third kappa shape index (κ3) is 6.36. The SMILES string of the molecule is Cc1cccc(OCC(=O)N2CCN(C(=O)[C@@H](NC(=O)c3cccs3)S(=O)(=O)c3ccccc3)CC2)c1. The summed E-state index contributed by atoms with van der Waals surface area (Å²) >= 11 is 1.15. The Kier molecular flexibility index (Phi) is 8.24. The molecule has 1 aliphatic rings. The lowest BCUT2D eigenvalue weighted by molar-refractivity contribution is -0.140. The van der Waals surface area contributed by atoms with Gasteiger partial charge in [-0.15, -0.1) is 11.3 Å². The number of piperazine rings is 1. The first kappa shape index (κ1) is 26.4. The number of ether oxygens (including phenoxy) is 1. The van der Waals surface area contributed by atoms with E-state index in [-0.39, 0.29) is 43.6 Å². The van der Waals surface area contributed by atoms with Crippen molar-refractivity contribution >= 4 is 38.9 Å². The van der Waals surface area contributed by atoms with E-state index in [0.29, 0.717) is 10.6 Å². The second-order valence-electron chi connectivity index (χ2n) is 8.50. The molecule has 4 rings (SSSR count). The fraction of sp³-hybridized carbons (Fsp3) is 0.269. The maximum absolute atomic E-state index is 13.4. The van der Waals surface area contributed by atoms with E-state index in [2.05, 4.69) is 5.32 Å². The van der Waals surface area contributed by atoms with E-state index in [9.17, 15) is 22.8 Å². The van der Waals surface area contributed by atoms with Crippen molar-refractivity contribution in [2.45, 2.75) is 17.2 Å². The predicted octanol–water partition coefficient (Wildman–Crippen LogP) is 2.34. The molecule has 9 nitrogen and oxygen atoms in total. The van der Waals surface area contributed by atoms with Gasteiger partial charge in [-0.1, -0.05) is 36.4 Å². The number of sulfone groups is 1. The maximum Gasteiger partial charge on any atom is 0.262 e. The third-order valence-corrected chi connectivity index (χ3v) is 8.65. The minimum Gasteiger partial charge on any atom is -0.484 e. The van der Waals surface area contributed by atoms with E-state index >= 15 is 0 Å². The molecule has 1 N–H and O–H groups in total. The highest BCUT2D eigenvalue weighted by Gasteiger charge is 2.39. The number of nitrogens with zero attached hydrogens (tertiary/aromatic N) is 2. The van der Waals surface area contributed by atoms with E-state index in [1.165, 1.54) is 17.0 Å². The summed E-state index contributed by atoms with van der Waals surface area (Å²) in [6.45, 7) is 2.49. The molecule has 0 radical (unpaired) electrons. The topological polar surface area (TPSA) is 113 Å². The van der Waals surface area contributed by atoms with Gasteiger partial charge >= 0.3 is 0 Å². The molecule has 2 aromatic carbocycles. The zero-order valence-corrected chi connectivity index (χ0v) is 21.8. The van der Waals surface area contributed by atoms with E-state index in [0.717, 1.165) is 16.9 Å². The minimum atomic E-state index is -4.23. The summed E-state index contributed by atoms with van der Waals surface area (Å²) in [7, 11) is -4.23. The normalized spacial score (nSPS) is 14.6. The number of amides is 3. The molecule has 1 aliphatic heterocycles. The lowest BCUT2D eigenvalue weighted by Gasteiger charge is -2.36. The van der Waals surface area contributed by atoms with E-state index < -0.39 is 27.0 Å². The van der Waals surface area contributed by atoms with Crippen LogP contribution in [0.5, 0.6) is 5.75 Å². The molecule has 3 amide bonds. The molecular weight excluding hydrogens is 514 g/mol. The Morgan fingerprint density at radius 1 is 0.946 bits per heavy atom. The van der Waals surface area contributed by atoms with Crippen LogP contribution in [0.3, 0.4) is 0 Å². The lowest BCUT2D eigenvalue weighted by Crippen LogP contribution is -2.58. The highest BCUT2D eigenvalue weighted by molar-refractivity contribution is 7.92. The van der Waals surface area contributed by atoms with Gasteiger partial charge in [0.05, 0.1) is 9.77 Å². The van der Waals surface area contributed by atoms with Crippen LogP contribution in [0.4, 0.5) is 0 Å². The monoisotopic (exact) mass is 541 g/mol. The number of thiophene rings is 1. The summed E-state index contributed by atoms with van der Waals surface area (Å²) in [5, 5.41) is 2.32. The summed E-state index contributed by atoms with van der Waals surface area (Å²) in [6.07, 6.45) is 0. The number of rotatable bonds is 8. The first-order chi connectivity index (χ1) is 17.8. The van der Waals surface area contributed by atoms with Crippen molar-refractivity contribution in [1.29, 1.82) is 0 Å². The van der Waals surface area contributed by atoms with Crippen molar-refractivity contribution in [2.24, 2.45) is 0 Å². The molecule has 0 aliphatic carbocycles. The van der Waals surface area contributed by atoms with Gasteiger partial charge in [0.15, 0.2) is 6.61 Å². The number of aryl methyl sites for hydroxylation is 1. The second-order valence-corrected chi connectivity index (χ2v) is 11.5. The predicted molar refractivity (Wildman–Crippen MR) is 139 cm³/mol. The highest BCUT2D eigenvalue weighted by Crippen LogP contribution is 2.19. The number of benzene rings is 2. The van der Waals surface area contributed by atoms with Gasteiger partial charge in [-0.3, -0.25) is 14.4 Å². The lowest BCUT2D eigenvalue weighted by atomic mass is 10.2. The second kappa shape index (κ2) is 11.6. The van der Waals surface area contributed by atoms with Crippen LogP contribution >= 0.6 is 11.3 Å². The van der Waals surface area contributed by atoms with Gasteiger partial charge in [-0.25, -0.2) is 8.42 Å². The fourth-order valence-electron chi connectivity index (χ4n) is 3.90. The molecule has 11 heteroatoms. The first-order valence-electron chi connectivity index (χ1n) is 11.6. The highest BCUT2D eigenvalue weighted by atomic mass is 32.2. The Labute approximate surface area is 219 Å².